The second-order valence-electron chi connectivity index (χ2n) is 3.02. The van der Waals surface area contributed by atoms with E-state index in [9.17, 15) is 5.21 Å². The van der Waals surface area contributed by atoms with Crippen LogP contribution in [0.1, 0.15) is 19.8 Å². The molecule has 1 aliphatic carbocycles. The van der Waals surface area contributed by atoms with Crippen LogP contribution < -0.4 is 0 Å². The highest BCUT2D eigenvalue weighted by Gasteiger charge is 2.36. The molecule has 1 N–H and O–H groups in total. The summed E-state index contributed by atoms with van der Waals surface area (Å²) in [6, 6.07) is -0.134. The van der Waals surface area contributed by atoms with Crippen LogP contribution in [0.5, 0.6) is 0 Å². The minimum absolute atomic E-state index is 0.134. The van der Waals surface area contributed by atoms with E-state index in [2.05, 4.69) is 0 Å². The van der Waals surface area contributed by atoms with Crippen molar-refractivity contribution in [1.29, 1.82) is 0 Å². The zero-order chi connectivity index (χ0) is 7.07. The van der Waals surface area contributed by atoms with Crippen molar-refractivity contribution >= 4 is 0 Å². The van der Waals surface area contributed by atoms with Crippen LogP contribution in [0.25, 0.3) is 0 Å². The van der Waals surface area contributed by atoms with Gasteiger partial charge >= 0.3 is 0 Å². The van der Waals surface area contributed by atoms with Crippen molar-refractivity contribution in [1.82, 2.24) is 0 Å². The maximum atomic E-state index is 10.8. The summed E-state index contributed by atoms with van der Waals surface area (Å²) in [4.78, 5) is -1.12. The smallest absolute Gasteiger partial charge is 0.118 e. The number of rotatable bonds is 2. The first-order chi connectivity index (χ1) is 4.02. The number of hydroxylamine groups is 4. The molecule has 0 aromatic rings. The van der Waals surface area contributed by atoms with Gasteiger partial charge in [0.25, 0.3) is 0 Å². The fourth-order valence-electron chi connectivity index (χ4n) is 0.970. The molecular formula is C6H13NO2. The normalized spacial score (nSPS) is 29.3. The monoisotopic (exact) mass is 131 g/mol. The molecule has 54 valence electrons. The molecular weight excluding hydrogens is 118 g/mol. The van der Waals surface area contributed by atoms with Gasteiger partial charge in [0.15, 0.2) is 0 Å². The minimum Gasteiger partial charge on any atom is -0.598 e. The number of nitrogens with zero attached hydrogens (tertiary/aromatic N) is 1. The first-order valence-corrected chi connectivity index (χ1v) is 3.32. The Labute approximate surface area is 55.0 Å². The van der Waals surface area contributed by atoms with Crippen LogP contribution >= 0.6 is 0 Å². The second-order valence-corrected chi connectivity index (χ2v) is 3.02. The average Bonchev–Trinajstić information content (AvgIpc) is 2.40. The van der Waals surface area contributed by atoms with Crippen molar-refractivity contribution in [3.05, 3.63) is 5.21 Å². The van der Waals surface area contributed by atoms with Crippen molar-refractivity contribution in [2.24, 2.45) is 5.92 Å². The van der Waals surface area contributed by atoms with Crippen molar-refractivity contribution in [2.45, 2.75) is 25.8 Å². The van der Waals surface area contributed by atoms with Gasteiger partial charge in [-0.2, -0.15) is 0 Å². The lowest BCUT2D eigenvalue weighted by Crippen LogP contribution is -2.43. The molecule has 0 spiro atoms. The Hall–Kier alpha value is -0.120. The van der Waals surface area contributed by atoms with E-state index in [0.29, 0.717) is 5.92 Å². The molecule has 0 bridgehead atoms. The summed E-state index contributed by atoms with van der Waals surface area (Å²) in [6.45, 7) is 1.80. The quantitative estimate of drug-likeness (QED) is 0.450. The SMILES string of the molecule is CC(C1CC1)[N+](C)([O-])O. The Kier molecular flexibility index (Phi) is 1.50. The van der Waals surface area contributed by atoms with E-state index in [0.717, 1.165) is 12.8 Å². The predicted octanol–water partition coefficient (Wildman–Crippen LogP) is 1.12. The number of quaternary nitrogens is 1. The van der Waals surface area contributed by atoms with Gasteiger partial charge in [-0.1, -0.05) is 0 Å². The third-order valence-corrected chi connectivity index (χ3v) is 2.06. The lowest BCUT2D eigenvalue weighted by atomic mass is 10.2. The van der Waals surface area contributed by atoms with Gasteiger partial charge in [0.2, 0.25) is 0 Å². The Bertz CT molecular complexity index is 104. The van der Waals surface area contributed by atoms with Crippen molar-refractivity contribution in [2.75, 3.05) is 7.05 Å². The summed E-state index contributed by atoms with van der Waals surface area (Å²) in [5.41, 5.74) is 0. The lowest BCUT2D eigenvalue weighted by molar-refractivity contribution is -1.07. The van der Waals surface area contributed by atoms with E-state index < -0.39 is 4.81 Å². The van der Waals surface area contributed by atoms with Gasteiger partial charge in [0.1, 0.15) is 6.04 Å². The van der Waals surface area contributed by atoms with E-state index in [-0.39, 0.29) is 6.04 Å². The molecule has 0 aromatic carbocycles. The summed E-state index contributed by atoms with van der Waals surface area (Å²) < 4.78 is 0. The summed E-state index contributed by atoms with van der Waals surface area (Å²) in [5, 5.41) is 19.7. The maximum absolute atomic E-state index is 10.8. The van der Waals surface area contributed by atoms with Gasteiger partial charge in [-0.15, -0.1) is 0 Å². The van der Waals surface area contributed by atoms with Crippen LogP contribution in [0.15, 0.2) is 0 Å². The zero-order valence-electron chi connectivity index (χ0n) is 5.87. The third kappa shape index (κ3) is 1.64. The van der Waals surface area contributed by atoms with E-state index in [1.54, 1.807) is 6.92 Å². The Morgan fingerprint density at radius 1 is 1.67 bits per heavy atom. The minimum atomic E-state index is -1.12. The predicted molar refractivity (Wildman–Crippen MR) is 33.5 cm³/mol. The second kappa shape index (κ2) is 1.94. The Balaban J connectivity index is 2.40. The standard InChI is InChI=1S/C6H13NO2/c1-5(6-3-4-6)7(2,8)9/h5-6,8H,3-4H2,1-2H3. The van der Waals surface area contributed by atoms with Crippen molar-refractivity contribution in [3.8, 4) is 0 Å². The summed E-state index contributed by atoms with van der Waals surface area (Å²) in [7, 11) is 1.28. The zero-order valence-corrected chi connectivity index (χ0v) is 5.87. The van der Waals surface area contributed by atoms with Crippen LogP contribution in [0.3, 0.4) is 0 Å². The molecule has 2 atom stereocenters. The summed E-state index contributed by atoms with van der Waals surface area (Å²) >= 11 is 0. The molecule has 1 aliphatic rings. The first-order valence-electron chi connectivity index (χ1n) is 3.32. The van der Waals surface area contributed by atoms with Gasteiger partial charge in [-0.3, -0.25) is 0 Å². The molecule has 3 nitrogen and oxygen atoms in total. The fourth-order valence-corrected chi connectivity index (χ4v) is 0.970. The first kappa shape index (κ1) is 6.99. The van der Waals surface area contributed by atoms with Crippen molar-refractivity contribution in [3.63, 3.8) is 0 Å². The molecule has 0 aromatic heterocycles. The van der Waals surface area contributed by atoms with Gasteiger partial charge in [-0.25, -0.2) is 10.0 Å². The molecule has 3 heteroatoms. The summed E-state index contributed by atoms with van der Waals surface area (Å²) in [5.74, 6) is 0.470. The number of hydrogen-bond acceptors (Lipinski definition) is 2. The topological polar surface area (TPSA) is 43.3 Å². The highest BCUT2D eigenvalue weighted by atomic mass is 16.8. The molecule has 0 saturated heterocycles. The van der Waals surface area contributed by atoms with E-state index in [1.807, 2.05) is 0 Å². The van der Waals surface area contributed by atoms with Gasteiger partial charge in [-0.05, 0) is 19.8 Å². The number of hydrogen-bond donors (Lipinski definition) is 1. The lowest BCUT2D eigenvalue weighted by Gasteiger charge is -2.35. The molecule has 0 amide bonds. The largest absolute Gasteiger partial charge is 0.598 e. The molecule has 0 aliphatic heterocycles. The molecule has 0 heterocycles. The molecule has 1 rings (SSSR count). The van der Waals surface area contributed by atoms with Crippen LogP contribution in [-0.4, -0.2) is 23.1 Å². The van der Waals surface area contributed by atoms with E-state index in [4.69, 9.17) is 5.21 Å². The Morgan fingerprint density at radius 3 is 2.22 bits per heavy atom. The van der Waals surface area contributed by atoms with Crippen LogP contribution in [0.2, 0.25) is 0 Å². The molecule has 2 unspecified atom stereocenters. The van der Waals surface area contributed by atoms with Gasteiger partial charge in [0.05, 0.1) is 7.05 Å². The average molecular weight is 131 g/mol. The van der Waals surface area contributed by atoms with E-state index >= 15 is 0 Å². The van der Waals surface area contributed by atoms with Crippen LogP contribution in [0.4, 0.5) is 0 Å². The third-order valence-electron chi connectivity index (χ3n) is 2.06. The van der Waals surface area contributed by atoms with Crippen LogP contribution in [0, 0.1) is 11.1 Å². The van der Waals surface area contributed by atoms with E-state index in [1.165, 1.54) is 7.05 Å². The maximum Gasteiger partial charge on any atom is 0.118 e. The van der Waals surface area contributed by atoms with Gasteiger partial charge in [0, 0.05) is 5.92 Å². The molecule has 0 radical (unpaired) electrons. The fraction of sp³-hybridized carbons (Fsp3) is 1.00. The van der Waals surface area contributed by atoms with Crippen LogP contribution in [-0.2, 0) is 0 Å². The van der Waals surface area contributed by atoms with Crippen molar-refractivity contribution < 1.29 is 10.0 Å². The van der Waals surface area contributed by atoms with Gasteiger partial charge < -0.3 is 5.21 Å². The Morgan fingerprint density at radius 2 is 2.11 bits per heavy atom. The molecule has 1 saturated carbocycles. The highest BCUT2D eigenvalue weighted by molar-refractivity contribution is 4.78. The highest BCUT2D eigenvalue weighted by Crippen LogP contribution is 2.36. The molecule has 1 fully saturated rings. The molecule has 9 heavy (non-hydrogen) atoms. The summed E-state index contributed by atoms with van der Waals surface area (Å²) in [6.07, 6.45) is 2.22.